The van der Waals surface area contributed by atoms with Crippen molar-refractivity contribution in [1.29, 1.82) is 0 Å². The average molecular weight is 719 g/mol. The van der Waals surface area contributed by atoms with Gasteiger partial charge in [-0.05, 0) is 99.3 Å². The number of dihydropyridines is 1. The second-order valence-electron chi connectivity index (χ2n) is 14.8. The van der Waals surface area contributed by atoms with Gasteiger partial charge in [0.2, 0.25) is 0 Å². The van der Waals surface area contributed by atoms with Gasteiger partial charge in [0.25, 0.3) is 0 Å². The van der Waals surface area contributed by atoms with Crippen molar-refractivity contribution in [3.05, 3.63) is 83.5 Å². The van der Waals surface area contributed by atoms with E-state index in [0.29, 0.717) is 51.0 Å². The van der Waals surface area contributed by atoms with Crippen molar-refractivity contribution in [3.63, 3.8) is 0 Å². The fourth-order valence-corrected chi connectivity index (χ4v) is 7.75. The quantitative estimate of drug-likeness (QED) is 0.103. The van der Waals surface area contributed by atoms with Crippen LogP contribution in [-0.4, -0.2) is 91.9 Å². The first-order valence-electron chi connectivity index (χ1n) is 18.8. The molecular formula is C41H58N4O7. The lowest BCUT2D eigenvalue weighted by atomic mass is 9.78. The molecule has 2 aromatic rings. The Kier molecular flexibility index (Phi) is 14.3. The Morgan fingerprint density at radius 2 is 1.90 bits per heavy atom. The monoisotopic (exact) mass is 718 g/mol. The van der Waals surface area contributed by atoms with Crippen LogP contribution in [0, 0.1) is 35.5 Å². The van der Waals surface area contributed by atoms with Crippen molar-refractivity contribution in [2.24, 2.45) is 29.4 Å². The van der Waals surface area contributed by atoms with Crippen LogP contribution >= 0.6 is 0 Å². The maximum Gasteiger partial charge on any atom is 0.161 e. The van der Waals surface area contributed by atoms with Gasteiger partial charge in [-0.15, -0.1) is 0 Å². The van der Waals surface area contributed by atoms with Gasteiger partial charge in [-0.1, -0.05) is 43.1 Å². The summed E-state index contributed by atoms with van der Waals surface area (Å²) in [5.41, 5.74) is 8.89. The van der Waals surface area contributed by atoms with Crippen LogP contribution in [0.1, 0.15) is 69.5 Å². The molecule has 11 heteroatoms. The van der Waals surface area contributed by atoms with Crippen molar-refractivity contribution in [1.82, 2.24) is 15.6 Å². The highest BCUT2D eigenvalue weighted by Gasteiger charge is 2.37. The van der Waals surface area contributed by atoms with Crippen molar-refractivity contribution < 1.29 is 35.4 Å². The summed E-state index contributed by atoms with van der Waals surface area (Å²) in [6.07, 6.45) is 9.80. The molecule has 1 aliphatic heterocycles. The number of benzene rings is 1. The van der Waals surface area contributed by atoms with Crippen LogP contribution in [0.3, 0.4) is 0 Å². The smallest absolute Gasteiger partial charge is 0.161 e. The molecule has 0 saturated carbocycles. The van der Waals surface area contributed by atoms with Crippen LogP contribution in [0.4, 0.5) is 0 Å². The van der Waals surface area contributed by atoms with Crippen LogP contribution in [0.25, 0.3) is 0 Å². The lowest BCUT2D eigenvalue weighted by molar-refractivity contribution is -0.0106. The number of aliphatic hydroxyl groups is 5. The Balaban J connectivity index is 1.37. The molecule has 0 bridgehead atoms. The first kappa shape index (κ1) is 39.4. The maximum absolute atomic E-state index is 11.7. The minimum absolute atomic E-state index is 0.101. The number of aromatic nitrogens is 1. The number of phenols is 1. The summed E-state index contributed by atoms with van der Waals surface area (Å²) in [6.45, 7) is 4.38. The van der Waals surface area contributed by atoms with Gasteiger partial charge in [0, 0.05) is 54.7 Å². The highest BCUT2D eigenvalue weighted by molar-refractivity contribution is 5.44. The van der Waals surface area contributed by atoms with E-state index in [1.807, 2.05) is 36.6 Å². The Bertz CT molecular complexity index is 1580. The third-order valence-electron chi connectivity index (χ3n) is 10.8. The molecular weight excluding hydrogens is 660 g/mol. The van der Waals surface area contributed by atoms with Gasteiger partial charge in [0.15, 0.2) is 11.5 Å². The zero-order valence-electron chi connectivity index (χ0n) is 30.4. The zero-order valence-corrected chi connectivity index (χ0v) is 30.4. The van der Waals surface area contributed by atoms with Crippen molar-refractivity contribution in [2.75, 3.05) is 19.7 Å². The van der Waals surface area contributed by atoms with Crippen LogP contribution in [0.2, 0.25) is 0 Å². The van der Waals surface area contributed by atoms with E-state index in [4.69, 9.17) is 10.5 Å². The van der Waals surface area contributed by atoms with Crippen LogP contribution in [0.15, 0.2) is 72.2 Å². The fraction of sp³-hybridized carbons (Fsp3) is 0.561. The maximum atomic E-state index is 11.7. The van der Waals surface area contributed by atoms with Crippen molar-refractivity contribution >= 4 is 0 Å². The Hall–Kier alpha value is -3.76. The molecule has 3 aliphatic rings. The molecule has 2 aliphatic carbocycles. The number of rotatable bonds is 14. The minimum atomic E-state index is -1.23. The lowest BCUT2D eigenvalue weighted by Crippen LogP contribution is -2.40. The standard InChI is InChI=1S/C41H58N4O7/c1-3-26-6-7-27-8-9-28(19-36(50)41(27)35(49)13-11-33(17-26)45-23-25(2)47)29-10-12-34(48)38(20-29)52-39(37(51)24-46)21-31(18-32-5-4-15-43-32)30-14-16-44-40(42)22-30/h4-5,8-10,12,14-15,20,22,25-28,31,33,35-37,39,41,43-51H,3,11,13,16-19,21,23-24,42H2,1-2H3/t25-,26-,27-,28-,31-,33+,35-,36+,37+,39+,41+/m0/s1. The molecule has 52 heavy (non-hydrogen) atoms. The average Bonchev–Trinajstić information content (AvgIpc) is 3.58. The van der Waals surface area contributed by atoms with Gasteiger partial charge in [0.05, 0.1) is 30.7 Å². The van der Waals surface area contributed by atoms with E-state index in [1.165, 1.54) is 0 Å². The number of H-pyrrole nitrogens is 1. The number of aromatic amines is 1. The molecule has 0 radical (unpaired) electrons. The largest absolute Gasteiger partial charge is 0.504 e. The van der Waals surface area contributed by atoms with Crippen LogP contribution in [0.5, 0.6) is 11.5 Å². The molecule has 0 spiro atoms. The predicted molar refractivity (Wildman–Crippen MR) is 201 cm³/mol. The molecule has 0 saturated heterocycles. The molecule has 284 valence electrons. The number of ether oxygens (including phenoxy) is 1. The summed E-state index contributed by atoms with van der Waals surface area (Å²) in [5.74, 6) is 6.39. The Morgan fingerprint density at radius 3 is 2.62 bits per heavy atom. The minimum Gasteiger partial charge on any atom is -0.504 e. The summed E-state index contributed by atoms with van der Waals surface area (Å²) in [4.78, 5) is 3.25. The first-order chi connectivity index (χ1) is 25.0. The summed E-state index contributed by atoms with van der Waals surface area (Å²) >= 11 is 0. The van der Waals surface area contributed by atoms with E-state index in [2.05, 4.69) is 40.5 Å². The van der Waals surface area contributed by atoms with Gasteiger partial charge in [-0.3, -0.25) is 0 Å². The molecule has 1 aromatic heterocycles. The van der Waals surface area contributed by atoms with E-state index in [9.17, 15) is 30.6 Å². The molecule has 11 nitrogen and oxygen atoms in total. The summed E-state index contributed by atoms with van der Waals surface area (Å²) in [7, 11) is 0. The SMILES string of the molecule is CC[C@H]1C#C[C@H]2C=C[C@H](c3ccc(O)c(O[C@H](C[C@H](Cc4ccc[nH]4)C4=CCNC(N)=C4)[C@H](O)CO)c3)C[C@@H](O)[C@H]2[C@@H](O)CC[C@@H](NC[C@H](C)O)C1. The van der Waals surface area contributed by atoms with Crippen LogP contribution in [-0.2, 0) is 6.42 Å². The van der Waals surface area contributed by atoms with E-state index in [1.54, 1.807) is 25.1 Å². The first-order valence-corrected chi connectivity index (χ1v) is 18.8. The molecule has 0 unspecified atom stereocenters. The molecule has 11 N–H and O–H groups in total. The van der Waals surface area contributed by atoms with Crippen molar-refractivity contribution in [2.45, 2.75) is 101 Å². The van der Waals surface area contributed by atoms with E-state index in [-0.39, 0.29) is 41.2 Å². The van der Waals surface area contributed by atoms with Gasteiger partial charge < -0.3 is 56.7 Å². The number of aliphatic hydroxyl groups excluding tert-OH is 5. The number of hydrogen-bond donors (Lipinski definition) is 10. The summed E-state index contributed by atoms with van der Waals surface area (Å²) in [5, 5.41) is 71.5. The van der Waals surface area contributed by atoms with Crippen LogP contribution < -0.4 is 21.1 Å². The highest BCUT2D eigenvalue weighted by Crippen LogP contribution is 2.40. The normalized spacial score (nSPS) is 28.7. The summed E-state index contributed by atoms with van der Waals surface area (Å²) < 4.78 is 6.36. The fourth-order valence-electron chi connectivity index (χ4n) is 7.75. The molecule has 11 atom stereocenters. The zero-order chi connectivity index (χ0) is 37.2. The Morgan fingerprint density at radius 1 is 1.08 bits per heavy atom. The molecule has 1 aromatic carbocycles. The van der Waals surface area contributed by atoms with Crippen molar-refractivity contribution in [3.8, 4) is 23.3 Å². The summed E-state index contributed by atoms with van der Waals surface area (Å²) in [6, 6.07) is 9.09. The van der Waals surface area contributed by atoms with E-state index < -0.39 is 43.0 Å². The van der Waals surface area contributed by atoms with E-state index >= 15 is 0 Å². The molecule has 5 rings (SSSR count). The number of nitrogens with two attached hydrogens (primary N) is 1. The molecule has 2 heterocycles. The van der Waals surface area contributed by atoms with E-state index in [0.717, 1.165) is 29.7 Å². The van der Waals surface area contributed by atoms with Gasteiger partial charge in [-0.2, -0.15) is 0 Å². The lowest BCUT2D eigenvalue weighted by Gasteiger charge is -2.32. The number of fused-ring (bicyclic) bond motifs is 1. The second kappa shape index (κ2) is 18.8. The third-order valence-corrected chi connectivity index (χ3v) is 10.8. The predicted octanol–water partition coefficient (Wildman–Crippen LogP) is 2.95. The Labute approximate surface area is 307 Å². The van der Waals surface area contributed by atoms with Gasteiger partial charge in [-0.25, -0.2) is 0 Å². The van der Waals surface area contributed by atoms with Gasteiger partial charge >= 0.3 is 0 Å². The second-order valence-corrected chi connectivity index (χ2v) is 14.8. The number of aromatic hydroxyl groups is 1. The topological polar surface area (TPSA) is 196 Å². The molecule has 0 amide bonds. The number of nitrogens with one attached hydrogen (secondary N) is 3. The number of allylic oxidation sites excluding steroid dienone is 4. The number of phenolic OH excluding ortho intramolecular Hbond substituents is 1. The molecule has 0 fully saturated rings. The van der Waals surface area contributed by atoms with Gasteiger partial charge in [0.1, 0.15) is 12.2 Å². The third kappa shape index (κ3) is 10.7. The highest BCUT2D eigenvalue weighted by atomic mass is 16.5. The number of hydrogen-bond acceptors (Lipinski definition) is 10.